The number of hydrogen-bond donors (Lipinski definition) is 1. The molecule has 2 atom stereocenters. The van der Waals surface area contributed by atoms with Gasteiger partial charge in [0.15, 0.2) is 0 Å². The van der Waals surface area contributed by atoms with Gasteiger partial charge in [0.05, 0.1) is 6.10 Å². The molecule has 7 heteroatoms. The summed E-state index contributed by atoms with van der Waals surface area (Å²) in [5, 5.41) is 13.9. The molecule has 2 fully saturated rings. The zero-order valence-electron chi connectivity index (χ0n) is 11.8. The lowest BCUT2D eigenvalue weighted by Crippen LogP contribution is -2.64. The van der Waals surface area contributed by atoms with Crippen LogP contribution in [-0.4, -0.2) is 44.9 Å². The van der Waals surface area contributed by atoms with Crippen molar-refractivity contribution in [3.63, 3.8) is 0 Å². The summed E-state index contributed by atoms with van der Waals surface area (Å²) in [6.45, 7) is 2.96. The van der Waals surface area contributed by atoms with E-state index in [0.29, 0.717) is 6.10 Å². The predicted octanol–water partition coefficient (Wildman–Crippen LogP) is 0.527. The SMILES string of the molecule is CCO[C@H]1C[C@H](NC(=O)Cn2cnnn2)C12CCCC2. The van der Waals surface area contributed by atoms with Crippen molar-refractivity contribution in [3.05, 3.63) is 6.33 Å². The third kappa shape index (κ3) is 2.30. The molecule has 1 aromatic heterocycles. The number of nitrogens with one attached hydrogen (secondary N) is 1. The van der Waals surface area contributed by atoms with Gasteiger partial charge in [-0.3, -0.25) is 4.79 Å². The lowest BCUT2D eigenvalue weighted by Gasteiger charge is -2.54. The van der Waals surface area contributed by atoms with Gasteiger partial charge >= 0.3 is 0 Å². The van der Waals surface area contributed by atoms with Crippen molar-refractivity contribution < 1.29 is 9.53 Å². The second-order valence-corrected chi connectivity index (χ2v) is 5.75. The van der Waals surface area contributed by atoms with Crippen molar-refractivity contribution in [1.29, 1.82) is 0 Å². The smallest absolute Gasteiger partial charge is 0.242 e. The fraction of sp³-hybridized carbons (Fsp3) is 0.846. The van der Waals surface area contributed by atoms with Crippen molar-refractivity contribution in [1.82, 2.24) is 25.5 Å². The van der Waals surface area contributed by atoms with E-state index in [1.165, 1.54) is 23.9 Å². The lowest BCUT2D eigenvalue weighted by molar-refractivity contribution is -0.144. The Morgan fingerprint density at radius 1 is 1.50 bits per heavy atom. The monoisotopic (exact) mass is 279 g/mol. The first-order valence-corrected chi connectivity index (χ1v) is 7.36. The van der Waals surface area contributed by atoms with Crippen LogP contribution in [0.3, 0.4) is 0 Å². The molecule has 1 aromatic rings. The molecule has 0 unspecified atom stereocenters. The van der Waals surface area contributed by atoms with Crippen molar-refractivity contribution in [3.8, 4) is 0 Å². The first-order chi connectivity index (χ1) is 9.74. The average Bonchev–Trinajstić information content (AvgIpc) is 3.09. The Morgan fingerprint density at radius 2 is 2.30 bits per heavy atom. The van der Waals surface area contributed by atoms with E-state index in [4.69, 9.17) is 4.74 Å². The summed E-state index contributed by atoms with van der Waals surface area (Å²) < 4.78 is 7.28. The van der Waals surface area contributed by atoms with Gasteiger partial charge in [-0.1, -0.05) is 12.8 Å². The molecule has 20 heavy (non-hydrogen) atoms. The molecule has 2 aliphatic carbocycles. The minimum Gasteiger partial charge on any atom is -0.378 e. The Bertz CT molecular complexity index is 455. The van der Waals surface area contributed by atoms with Crippen molar-refractivity contribution in [2.45, 2.75) is 57.7 Å². The highest BCUT2D eigenvalue weighted by atomic mass is 16.5. The molecule has 1 N–H and O–H groups in total. The van der Waals surface area contributed by atoms with Crippen molar-refractivity contribution in [2.75, 3.05) is 6.61 Å². The van der Waals surface area contributed by atoms with Crippen LogP contribution in [0.2, 0.25) is 0 Å². The van der Waals surface area contributed by atoms with Crippen molar-refractivity contribution in [2.24, 2.45) is 5.41 Å². The van der Waals surface area contributed by atoms with Gasteiger partial charge in [-0.05, 0) is 36.6 Å². The normalized spacial score (nSPS) is 27.4. The molecule has 1 spiro atoms. The van der Waals surface area contributed by atoms with Gasteiger partial charge in [-0.25, -0.2) is 4.68 Å². The fourth-order valence-electron chi connectivity index (χ4n) is 3.73. The van der Waals surface area contributed by atoms with Crippen LogP contribution >= 0.6 is 0 Å². The number of nitrogens with zero attached hydrogens (tertiary/aromatic N) is 4. The van der Waals surface area contributed by atoms with E-state index in [2.05, 4.69) is 20.8 Å². The Kier molecular flexibility index (Phi) is 3.69. The Labute approximate surface area is 118 Å². The highest BCUT2D eigenvalue weighted by Gasteiger charge is 2.57. The van der Waals surface area contributed by atoms with Crippen LogP contribution in [0.5, 0.6) is 0 Å². The minimum absolute atomic E-state index is 0.0245. The summed E-state index contributed by atoms with van der Waals surface area (Å²) in [6.07, 6.45) is 7.49. The van der Waals surface area contributed by atoms with Crippen molar-refractivity contribution >= 4 is 5.91 Å². The van der Waals surface area contributed by atoms with Crippen LogP contribution in [0, 0.1) is 5.41 Å². The maximum atomic E-state index is 12.0. The van der Waals surface area contributed by atoms with Gasteiger partial charge in [0, 0.05) is 18.1 Å². The number of carbonyl (C=O) groups is 1. The molecule has 3 rings (SSSR count). The van der Waals surface area contributed by atoms with Crippen LogP contribution < -0.4 is 5.32 Å². The molecule has 110 valence electrons. The highest BCUT2D eigenvalue weighted by molar-refractivity contribution is 5.76. The third-order valence-electron chi connectivity index (χ3n) is 4.72. The number of ether oxygens (including phenoxy) is 1. The van der Waals surface area contributed by atoms with Crippen LogP contribution in [0.15, 0.2) is 6.33 Å². The quantitative estimate of drug-likeness (QED) is 0.850. The standard InChI is InChI=1S/C13H21N5O2/c1-2-20-11-7-10(13(11)5-3-4-6-13)15-12(19)8-18-9-14-16-17-18/h9-11H,2-8H2,1H3,(H,15,19)/t10-,11-/m0/s1. The maximum Gasteiger partial charge on any atom is 0.242 e. The summed E-state index contributed by atoms with van der Waals surface area (Å²) in [5.74, 6) is -0.0245. The molecule has 0 aliphatic heterocycles. The van der Waals surface area contributed by atoms with E-state index in [-0.39, 0.29) is 23.9 Å². The number of aromatic nitrogens is 4. The third-order valence-corrected chi connectivity index (χ3v) is 4.72. The predicted molar refractivity (Wildman–Crippen MR) is 70.7 cm³/mol. The Morgan fingerprint density at radius 3 is 2.95 bits per heavy atom. The second-order valence-electron chi connectivity index (χ2n) is 5.75. The maximum absolute atomic E-state index is 12.0. The van der Waals surface area contributed by atoms with Crippen LogP contribution in [0.1, 0.15) is 39.0 Å². The number of hydrogen-bond acceptors (Lipinski definition) is 5. The lowest BCUT2D eigenvalue weighted by atomic mass is 9.60. The van der Waals surface area contributed by atoms with Crippen LogP contribution in [0.25, 0.3) is 0 Å². The van der Waals surface area contributed by atoms with E-state index in [0.717, 1.165) is 25.9 Å². The molecule has 0 saturated heterocycles. The molecule has 2 aliphatic rings. The molecule has 2 saturated carbocycles. The minimum atomic E-state index is -0.0245. The molecule has 1 heterocycles. The summed E-state index contributed by atoms with van der Waals surface area (Å²) in [6, 6.07) is 0.241. The Balaban J connectivity index is 1.59. The number of amides is 1. The fourth-order valence-corrected chi connectivity index (χ4v) is 3.73. The highest BCUT2D eigenvalue weighted by Crippen LogP contribution is 2.54. The molecular formula is C13H21N5O2. The van der Waals surface area contributed by atoms with E-state index < -0.39 is 0 Å². The summed E-state index contributed by atoms with van der Waals surface area (Å²) in [7, 11) is 0. The van der Waals surface area contributed by atoms with Crippen LogP contribution in [0.4, 0.5) is 0 Å². The summed E-state index contributed by atoms with van der Waals surface area (Å²) >= 11 is 0. The van der Waals surface area contributed by atoms with Crippen LogP contribution in [-0.2, 0) is 16.1 Å². The first-order valence-electron chi connectivity index (χ1n) is 7.36. The van der Waals surface area contributed by atoms with Gasteiger partial charge in [0.1, 0.15) is 12.9 Å². The second kappa shape index (κ2) is 5.47. The Hall–Kier alpha value is -1.50. The number of tetrazole rings is 1. The molecule has 7 nitrogen and oxygen atoms in total. The summed E-state index contributed by atoms with van der Waals surface area (Å²) in [5.41, 5.74) is 0.173. The van der Waals surface area contributed by atoms with E-state index in [9.17, 15) is 4.79 Å². The van der Waals surface area contributed by atoms with E-state index >= 15 is 0 Å². The number of carbonyl (C=O) groups excluding carboxylic acids is 1. The first kappa shape index (κ1) is 13.5. The van der Waals surface area contributed by atoms with Gasteiger partial charge in [-0.15, -0.1) is 5.10 Å². The topological polar surface area (TPSA) is 81.9 Å². The van der Waals surface area contributed by atoms with E-state index in [1.54, 1.807) is 0 Å². The van der Waals surface area contributed by atoms with Gasteiger partial charge in [0.2, 0.25) is 5.91 Å². The average molecular weight is 279 g/mol. The largest absolute Gasteiger partial charge is 0.378 e. The molecular weight excluding hydrogens is 258 g/mol. The summed E-state index contributed by atoms with van der Waals surface area (Å²) in [4.78, 5) is 12.0. The zero-order chi connectivity index (χ0) is 14.0. The zero-order valence-corrected chi connectivity index (χ0v) is 11.8. The number of rotatable bonds is 5. The van der Waals surface area contributed by atoms with Gasteiger partial charge < -0.3 is 10.1 Å². The van der Waals surface area contributed by atoms with E-state index in [1.807, 2.05) is 6.92 Å². The van der Waals surface area contributed by atoms with Gasteiger partial charge in [-0.2, -0.15) is 0 Å². The molecule has 0 aromatic carbocycles. The molecule has 0 bridgehead atoms. The van der Waals surface area contributed by atoms with Gasteiger partial charge in [0.25, 0.3) is 0 Å². The molecule has 1 amide bonds. The molecule has 0 radical (unpaired) electrons.